The SMILES string of the molecule is Cc1ccccc1CN(C(=O)COc1ccccc1Cl)C(Cc1ccccc1)C(=O)NC(C)(C)C. The lowest BCUT2D eigenvalue weighted by molar-refractivity contribution is -0.143. The Hall–Kier alpha value is -3.31. The molecule has 0 aliphatic heterocycles. The van der Waals surface area contributed by atoms with E-state index in [0.29, 0.717) is 17.2 Å². The number of carbonyl (C=O) groups excluding carboxylic acids is 2. The Balaban J connectivity index is 1.95. The Kier molecular flexibility index (Phi) is 8.94. The predicted octanol–water partition coefficient (Wildman–Crippen LogP) is 5.58. The van der Waals surface area contributed by atoms with Gasteiger partial charge in [0.25, 0.3) is 5.91 Å². The summed E-state index contributed by atoms with van der Waals surface area (Å²) in [6.07, 6.45) is 0.381. The quantitative estimate of drug-likeness (QED) is 0.424. The van der Waals surface area contributed by atoms with E-state index in [4.69, 9.17) is 16.3 Å². The third kappa shape index (κ3) is 7.86. The van der Waals surface area contributed by atoms with Crippen molar-refractivity contribution in [2.45, 2.75) is 52.2 Å². The number of amides is 2. The zero-order valence-electron chi connectivity index (χ0n) is 20.8. The van der Waals surface area contributed by atoms with E-state index in [2.05, 4.69) is 5.32 Å². The molecule has 0 saturated heterocycles. The van der Waals surface area contributed by atoms with Gasteiger partial charge < -0.3 is 15.0 Å². The molecular formula is C29H33ClN2O3. The second-order valence-corrected chi connectivity index (χ2v) is 10.0. The van der Waals surface area contributed by atoms with Crippen molar-refractivity contribution in [1.29, 1.82) is 0 Å². The minimum absolute atomic E-state index is 0.207. The van der Waals surface area contributed by atoms with E-state index in [1.807, 2.05) is 82.3 Å². The van der Waals surface area contributed by atoms with Gasteiger partial charge in [0.1, 0.15) is 11.8 Å². The number of hydrogen-bond acceptors (Lipinski definition) is 3. The van der Waals surface area contributed by atoms with Crippen LogP contribution < -0.4 is 10.1 Å². The molecule has 0 radical (unpaired) electrons. The molecule has 0 aliphatic rings. The summed E-state index contributed by atoms with van der Waals surface area (Å²) in [6, 6.07) is 23.9. The van der Waals surface area contributed by atoms with Crippen LogP contribution in [0.15, 0.2) is 78.9 Å². The normalized spacial score (nSPS) is 12.0. The van der Waals surface area contributed by atoms with Gasteiger partial charge in [0.2, 0.25) is 5.91 Å². The van der Waals surface area contributed by atoms with E-state index < -0.39 is 11.6 Å². The van der Waals surface area contributed by atoms with E-state index in [-0.39, 0.29) is 25.0 Å². The van der Waals surface area contributed by atoms with E-state index in [9.17, 15) is 9.59 Å². The summed E-state index contributed by atoms with van der Waals surface area (Å²) in [4.78, 5) is 28.8. The first-order chi connectivity index (χ1) is 16.6. The van der Waals surface area contributed by atoms with Gasteiger partial charge in [-0.2, -0.15) is 0 Å². The van der Waals surface area contributed by atoms with Gasteiger partial charge in [-0.15, -0.1) is 0 Å². The van der Waals surface area contributed by atoms with Crippen LogP contribution in [0.1, 0.15) is 37.5 Å². The van der Waals surface area contributed by atoms with Gasteiger partial charge >= 0.3 is 0 Å². The maximum Gasteiger partial charge on any atom is 0.261 e. The number of ether oxygens (including phenoxy) is 1. The van der Waals surface area contributed by atoms with Crippen molar-refractivity contribution >= 4 is 23.4 Å². The Morgan fingerprint density at radius 2 is 1.57 bits per heavy atom. The number of rotatable bonds is 9. The van der Waals surface area contributed by atoms with Crippen molar-refractivity contribution in [2.75, 3.05) is 6.61 Å². The number of nitrogens with zero attached hydrogens (tertiary/aromatic N) is 1. The van der Waals surface area contributed by atoms with Crippen LogP contribution >= 0.6 is 11.6 Å². The number of para-hydroxylation sites is 1. The lowest BCUT2D eigenvalue weighted by Crippen LogP contribution is -2.55. The van der Waals surface area contributed by atoms with Crippen LogP contribution in [0.2, 0.25) is 5.02 Å². The number of carbonyl (C=O) groups is 2. The van der Waals surface area contributed by atoms with E-state index in [1.165, 1.54) is 0 Å². The number of hydrogen-bond donors (Lipinski definition) is 1. The molecule has 1 unspecified atom stereocenters. The molecule has 5 nitrogen and oxygen atoms in total. The van der Waals surface area contributed by atoms with Crippen molar-refractivity contribution in [3.8, 4) is 5.75 Å². The average molecular weight is 493 g/mol. The van der Waals surface area contributed by atoms with E-state index >= 15 is 0 Å². The highest BCUT2D eigenvalue weighted by Crippen LogP contribution is 2.24. The summed E-state index contributed by atoms with van der Waals surface area (Å²) in [5.74, 6) is -0.0729. The minimum Gasteiger partial charge on any atom is -0.482 e. The molecule has 35 heavy (non-hydrogen) atoms. The van der Waals surface area contributed by atoms with Gasteiger partial charge in [0.15, 0.2) is 6.61 Å². The van der Waals surface area contributed by atoms with Crippen molar-refractivity contribution in [1.82, 2.24) is 10.2 Å². The minimum atomic E-state index is -0.724. The van der Waals surface area contributed by atoms with Crippen LogP contribution in [0.3, 0.4) is 0 Å². The molecule has 1 atom stereocenters. The molecule has 0 aromatic heterocycles. The molecule has 3 aromatic carbocycles. The van der Waals surface area contributed by atoms with Crippen LogP contribution in [0.4, 0.5) is 0 Å². The van der Waals surface area contributed by atoms with Gasteiger partial charge in [0.05, 0.1) is 5.02 Å². The van der Waals surface area contributed by atoms with Crippen LogP contribution in [-0.2, 0) is 22.6 Å². The fourth-order valence-electron chi connectivity index (χ4n) is 3.76. The van der Waals surface area contributed by atoms with Gasteiger partial charge in [-0.25, -0.2) is 0 Å². The van der Waals surface area contributed by atoms with Crippen LogP contribution in [0, 0.1) is 6.92 Å². The van der Waals surface area contributed by atoms with Crippen LogP contribution in [0.25, 0.3) is 0 Å². The Morgan fingerprint density at radius 3 is 2.23 bits per heavy atom. The molecule has 0 fully saturated rings. The zero-order valence-corrected chi connectivity index (χ0v) is 21.5. The van der Waals surface area contributed by atoms with Crippen molar-refractivity contribution in [3.05, 3.63) is 101 Å². The smallest absolute Gasteiger partial charge is 0.261 e. The first kappa shape index (κ1) is 26.3. The summed E-state index contributed by atoms with van der Waals surface area (Å²) < 4.78 is 5.77. The van der Waals surface area contributed by atoms with Crippen molar-refractivity contribution in [2.24, 2.45) is 0 Å². The summed E-state index contributed by atoms with van der Waals surface area (Å²) in [5.41, 5.74) is 2.54. The zero-order chi connectivity index (χ0) is 25.4. The van der Waals surface area contributed by atoms with Crippen molar-refractivity contribution in [3.63, 3.8) is 0 Å². The Morgan fingerprint density at radius 1 is 0.943 bits per heavy atom. The highest BCUT2D eigenvalue weighted by Gasteiger charge is 2.32. The summed E-state index contributed by atoms with van der Waals surface area (Å²) in [7, 11) is 0. The summed E-state index contributed by atoms with van der Waals surface area (Å²) in [5, 5.41) is 3.49. The molecule has 6 heteroatoms. The predicted molar refractivity (Wildman–Crippen MR) is 141 cm³/mol. The summed E-state index contributed by atoms with van der Waals surface area (Å²) in [6.45, 7) is 7.84. The standard InChI is InChI=1S/C29H33ClN2O3/c1-21-12-8-9-15-23(21)19-32(27(33)20-35-26-17-11-10-16-24(26)30)25(28(34)31-29(2,3)4)18-22-13-6-5-7-14-22/h5-17,25H,18-20H2,1-4H3,(H,31,34). The molecule has 3 rings (SSSR count). The van der Waals surface area contributed by atoms with Crippen molar-refractivity contribution < 1.29 is 14.3 Å². The number of halogens is 1. The molecular weight excluding hydrogens is 460 g/mol. The van der Waals surface area contributed by atoms with Crippen LogP contribution in [-0.4, -0.2) is 34.9 Å². The Bertz CT molecular complexity index is 1140. The van der Waals surface area contributed by atoms with Gasteiger partial charge in [-0.05, 0) is 56.5 Å². The van der Waals surface area contributed by atoms with Crippen LogP contribution in [0.5, 0.6) is 5.75 Å². The highest BCUT2D eigenvalue weighted by atomic mass is 35.5. The molecule has 184 valence electrons. The largest absolute Gasteiger partial charge is 0.482 e. The molecule has 2 amide bonds. The first-order valence-electron chi connectivity index (χ1n) is 11.7. The number of nitrogens with one attached hydrogen (secondary N) is 1. The van der Waals surface area contributed by atoms with E-state index in [0.717, 1.165) is 16.7 Å². The third-order valence-electron chi connectivity index (χ3n) is 5.56. The molecule has 0 heterocycles. The lowest BCUT2D eigenvalue weighted by Gasteiger charge is -2.34. The third-order valence-corrected chi connectivity index (χ3v) is 5.87. The van der Waals surface area contributed by atoms with E-state index in [1.54, 1.807) is 29.2 Å². The topological polar surface area (TPSA) is 58.6 Å². The number of aryl methyl sites for hydroxylation is 1. The summed E-state index contributed by atoms with van der Waals surface area (Å²) >= 11 is 6.22. The second-order valence-electron chi connectivity index (χ2n) is 9.61. The molecule has 1 N–H and O–H groups in total. The maximum absolute atomic E-state index is 13.6. The first-order valence-corrected chi connectivity index (χ1v) is 12.1. The van der Waals surface area contributed by atoms with Gasteiger partial charge in [-0.3, -0.25) is 9.59 Å². The second kappa shape index (κ2) is 11.9. The molecule has 0 saturated carbocycles. The average Bonchev–Trinajstić information content (AvgIpc) is 2.81. The van der Waals surface area contributed by atoms with Gasteiger partial charge in [-0.1, -0.05) is 78.3 Å². The van der Waals surface area contributed by atoms with Gasteiger partial charge in [0, 0.05) is 18.5 Å². The highest BCUT2D eigenvalue weighted by molar-refractivity contribution is 6.32. The monoisotopic (exact) mass is 492 g/mol. The fraction of sp³-hybridized carbons (Fsp3) is 0.310. The number of benzene rings is 3. The molecule has 0 aliphatic carbocycles. The maximum atomic E-state index is 13.6. The molecule has 0 spiro atoms. The molecule has 0 bridgehead atoms. The fourth-order valence-corrected chi connectivity index (χ4v) is 3.95. The molecule has 3 aromatic rings. The Labute approximate surface area is 213 Å². The lowest BCUT2D eigenvalue weighted by atomic mass is 10.00.